The molecule has 1 aromatic heterocycles. The third-order valence-corrected chi connectivity index (χ3v) is 4.32. The lowest BCUT2D eigenvalue weighted by Crippen LogP contribution is -2.37. The molecule has 2 aromatic rings. The Morgan fingerprint density at radius 1 is 1.30 bits per heavy atom. The van der Waals surface area contributed by atoms with Crippen LogP contribution < -0.4 is 5.32 Å². The van der Waals surface area contributed by atoms with Gasteiger partial charge in [-0.2, -0.15) is 0 Å². The quantitative estimate of drug-likeness (QED) is 0.913. The molecule has 1 fully saturated rings. The van der Waals surface area contributed by atoms with Crippen LogP contribution in [0.3, 0.4) is 0 Å². The third-order valence-electron chi connectivity index (χ3n) is 4.32. The zero-order chi connectivity index (χ0) is 13.9. The number of nitrogens with one attached hydrogen (secondary N) is 1. The van der Waals surface area contributed by atoms with Crippen LogP contribution in [-0.2, 0) is 4.74 Å². The molecule has 0 bridgehead atoms. The Kier molecular flexibility index (Phi) is 4.08. The minimum Gasteiger partial charge on any atom is -0.459 e. The van der Waals surface area contributed by atoms with E-state index in [1.54, 1.807) is 0 Å². The Balaban J connectivity index is 1.67. The van der Waals surface area contributed by atoms with Gasteiger partial charge in [-0.25, -0.2) is 0 Å². The van der Waals surface area contributed by atoms with Gasteiger partial charge in [0.05, 0.1) is 12.1 Å². The van der Waals surface area contributed by atoms with Crippen molar-refractivity contribution < 1.29 is 9.15 Å². The normalized spacial score (nSPS) is 24.9. The molecule has 0 amide bonds. The standard InChI is InChI=1S/C17H23NO2/c1-12(18-14-7-5-8-15(11-14)19-2)17-10-13-6-3-4-9-16(13)20-17/h3-4,6,9-10,12,14-15,18H,5,7-8,11H2,1-2H3. The summed E-state index contributed by atoms with van der Waals surface area (Å²) in [5.41, 5.74) is 0.967. The summed E-state index contributed by atoms with van der Waals surface area (Å²) in [6.07, 6.45) is 5.16. The van der Waals surface area contributed by atoms with Crippen molar-refractivity contribution in [1.82, 2.24) is 5.32 Å². The fourth-order valence-electron chi connectivity index (χ4n) is 3.16. The van der Waals surface area contributed by atoms with E-state index >= 15 is 0 Å². The molecule has 1 aromatic carbocycles. The largest absolute Gasteiger partial charge is 0.459 e. The molecule has 1 aliphatic carbocycles. The number of rotatable bonds is 4. The molecule has 108 valence electrons. The molecule has 0 spiro atoms. The average molecular weight is 273 g/mol. The monoisotopic (exact) mass is 273 g/mol. The summed E-state index contributed by atoms with van der Waals surface area (Å²) in [6, 6.07) is 11.1. The van der Waals surface area contributed by atoms with Gasteiger partial charge in [0.1, 0.15) is 11.3 Å². The fourth-order valence-corrected chi connectivity index (χ4v) is 3.16. The zero-order valence-corrected chi connectivity index (χ0v) is 12.3. The predicted octanol–water partition coefficient (Wildman–Crippen LogP) is 4.04. The van der Waals surface area contributed by atoms with Gasteiger partial charge in [-0.15, -0.1) is 0 Å². The predicted molar refractivity (Wildman–Crippen MR) is 80.8 cm³/mol. The number of para-hydroxylation sites is 1. The maximum Gasteiger partial charge on any atom is 0.134 e. The van der Waals surface area contributed by atoms with E-state index in [1.165, 1.54) is 24.6 Å². The van der Waals surface area contributed by atoms with Crippen molar-refractivity contribution in [3.63, 3.8) is 0 Å². The van der Waals surface area contributed by atoms with E-state index in [2.05, 4.69) is 24.4 Å². The molecule has 1 aliphatic rings. The zero-order valence-electron chi connectivity index (χ0n) is 12.3. The van der Waals surface area contributed by atoms with Gasteiger partial charge < -0.3 is 14.5 Å². The summed E-state index contributed by atoms with van der Waals surface area (Å²) in [5, 5.41) is 4.86. The summed E-state index contributed by atoms with van der Waals surface area (Å²) in [6.45, 7) is 2.17. The first-order valence-electron chi connectivity index (χ1n) is 7.53. The molecule has 0 radical (unpaired) electrons. The molecule has 3 atom stereocenters. The van der Waals surface area contributed by atoms with Crippen LogP contribution in [0.25, 0.3) is 11.0 Å². The number of fused-ring (bicyclic) bond motifs is 1. The first kappa shape index (κ1) is 13.7. The van der Waals surface area contributed by atoms with Crippen molar-refractivity contribution in [3.05, 3.63) is 36.1 Å². The van der Waals surface area contributed by atoms with Crippen LogP contribution in [0.5, 0.6) is 0 Å². The highest BCUT2D eigenvalue weighted by Gasteiger charge is 2.24. The van der Waals surface area contributed by atoms with Crippen molar-refractivity contribution in [3.8, 4) is 0 Å². The van der Waals surface area contributed by atoms with E-state index in [9.17, 15) is 0 Å². The Morgan fingerprint density at radius 2 is 2.15 bits per heavy atom. The van der Waals surface area contributed by atoms with Crippen molar-refractivity contribution in [2.24, 2.45) is 0 Å². The number of furan rings is 1. The van der Waals surface area contributed by atoms with Gasteiger partial charge in [0.25, 0.3) is 0 Å². The molecule has 3 rings (SSSR count). The van der Waals surface area contributed by atoms with E-state index in [-0.39, 0.29) is 6.04 Å². The second-order valence-electron chi connectivity index (χ2n) is 5.80. The lowest BCUT2D eigenvalue weighted by molar-refractivity contribution is 0.0568. The van der Waals surface area contributed by atoms with Crippen LogP contribution >= 0.6 is 0 Å². The number of benzene rings is 1. The molecular weight excluding hydrogens is 250 g/mol. The molecule has 0 aliphatic heterocycles. The van der Waals surface area contributed by atoms with Crippen molar-refractivity contribution in [1.29, 1.82) is 0 Å². The van der Waals surface area contributed by atoms with Gasteiger partial charge in [0, 0.05) is 18.5 Å². The van der Waals surface area contributed by atoms with Gasteiger partial charge in [0.2, 0.25) is 0 Å². The SMILES string of the molecule is COC1CCCC(NC(C)c2cc3ccccc3o2)C1. The first-order chi connectivity index (χ1) is 9.76. The molecule has 0 saturated heterocycles. The maximum absolute atomic E-state index is 5.93. The number of hydrogen-bond acceptors (Lipinski definition) is 3. The van der Waals surface area contributed by atoms with Gasteiger partial charge >= 0.3 is 0 Å². The Bertz CT molecular complexity index is 530. The molecule has 20 heavy (non-hydrogen) atoms. The van der Waals surface area contributed by atoms with Crippen molar-refractivity contribution in [2.45, 2.75) is 50.8 Å². The summed E-state index contributed by atoms with van der Waals surface area (Å²) >= 11 is 0. The number of hydrogen-bond donors (Lipinski definition) is 1. The number of ether oxygens (including phenoxy) is 1. The molecule has 1 heterocycles. The van der Waals surface area contributed by atoms with Crippen molar-refractivity contribution in [2.75, 3.05) is 7.11 Å². The fraction of sp³-hybridized carbons (Fsp3) is 0.529. The van der Waals surface area contributed by atoms with Crippen LogP contribution in [0.4, 0.5) is 0 Å². The van der Waals surface area contributed by atoms with Gasteiger partial charge in [-0.3, -0.25) is 0 Å². The maximum atomic E-state index is 5.93. The van der Waals surface area contributed by atoms with Gasteiger partial charge in [0.15, 0.2) is 0 Å². The van der Waals surface area contributed by atoms with Crippen LogP contribution in [0.15, 0.2) is 34.7 Å². The Morgan fingerprint density at radius 3 is 2.95 bits per heavy atom. The van der Waals surface area contributed by atoms with E-state index in [0.717, 1.165) is 17.8 Å². The molecule has 1 saturated carbocycles. The highest BCUT2D eigenvalue weighted by molar-refractivity contribution is 5.77. The summed E-state index contributed by atoms with van der Waals surface area (Å²) < 4.78 is 11.4. The topological polar surface area (TPSA) is 34.4 Å². The Hall–Kier alpha value is -1.32. The lowest BCUT2D eigenvalue weighted by Gasteiger charge is -2.30. The van der Waals surface area contributed by atoms with Gasteiger partial charge in [-0.05, 0) is 44.7 Å². The lowest BCUT2D eigenvalue weighted by atomic mass is 9.92. The summed E-state index contributed by atoms with van der Waals surface area (Å²) in [5.74, 6) is 1.02. The van der Waals surface area contributed by atoms with Crippen LogP contribution in [-0.4, -0.2) is 19.3 Å². The molecule has 3 heteroatoms. The molecule has 1 N–H and O–H groups in total. The highest BCUT2D eigenvalue weighted by Crippen LogP contribution is 2.26. The van der Waals surface area contributed by atoms with E-state index in [4.69, 9.17) is 9.15 Å². The smallest absolute Gasteiger partial charge is 0.134 e. The summed E-state index contributed by atoms with van der Waals surface area (Å²) in [7, 11) is 1.82. The van der Waals surface area contributed by atoms with Crippen LogP contribution in [0.1, 0.15) is 44.4 Å². The van der Waals surface area contributed by atoms with Crippen molar-refractivity contribution >= 4 is 11.0 Å². The average Bonchev–Trinajstić information content (AvgIpc) is 2.91. The molecule has 3 nitrogen and oxygen atoms in total. The minimum atomic E-state index is 0.239. The second-order valence-corrected chi connectivity index (χ2v) is 5.80. The Labute approximate surface area is 120 Å². The third kappa shape index (κ3) is 2.89. The van der Waals surface area contributed by atoms with Gasteiger partial charge in [-0.1, -0.05) is 18.2 Å². The van der Waals surface area contributed by atoms with Crippen LogP contribution in [0, 0.1) is 0 Å². The van der Waals surface area contributed by atoms with E-state index in [0.29, 0.717) is 12.1 Å². The summed E-state index contributed by atoms with van der Waals surface area (Å²) in [4.78, 5) is 0. The molecule has 3 unspecified atom stereocenters. The van der Waals surface area contributed by atoms with Crippen LogP contribution in [0.2, 0.25) is 0 Å². The molecular formula is C17H23NO2. The highest BCUT2D eigenvalue weighted by atomic mass is 16.5. The first-order valence-corrected chi connectivity index (χ1v) is 7.53. The second kappa shape index (κ2) is 5.98. The van der Waals surface area contributed by atoms with E-state index in [1.807, 2.05) is 25.3 Å². The van der Waals surface area contributed by atoms with E-state index < -0.39 is 0 Å². The minimum absolute atomic E-state index is 0.239. The number of methoxy groups -OCH3 is 1.